The van der Waals surface area contributed by atoms with Crippen molar-refractivity contribution in [3.63, 3.8) is 0 Å². The van der Waals surface area contributed by atoms with E-state index in [-0.39, 0.29) is 23.8 Å². The van der Waals surface area contributed by atoms with Crippen LogP contribution in [0.15, 0.2) is 42.5 Å². The number of benzene rings is 2. The number of phenolic OH excluding ortho intramolecular Hbond substituents is 1. The van der Waals surface area contributed by atoms with E-state index < -0.39 is 5.91 Å². The number of amides is 1. The molecule has 0 aliphatic carbocycles. The number of carbonyl (C=O) groups excluding carboxylic acids is 2. The van der Waals surface area contributed by atoms with Crippen LogP contribution in [0.5, 0.6) is 11.5 Å². The van der Waals surface area contributed by atoms with Gasteiger partial charge in [0.25, 0.3) is 5.91 Å². The van der Waals surface area contributed by atoms with E-state index in [1.807, 2.05) is 0 Å². The second kappa shape index (κ2) is 7.65. The third-order valence-corrected chi connectivity index (χ3v) is 3.34. The van der Waals surface area contributed by atoms with E-state index in [0.29, 0.717) is 22.8 Å². The van der Waals surface area contributed by atoms with Crippen LogP contribution in [0, 0.1) is 0 Å². The zero-order valence-electron chi connectivity index (χ0n) is 12.5. The highest BCUT2D eigenvalue weighted by atomic mass is 35.5. The minimum atomic E-state index is -0.434. The number of anilines is 1. The van der Waals surface area contributed by atoms with Gasteiger partial charge in [-0.3, -0.25) is 9.59 Å². The molecule has 2 N–H and O–H groups in total. The summed E-state index contributed by atoms with van der Waals surface area (Å²) in [4.78, 5) is 23.3. The van der Waals surface area contributed by atoms with Gasteiger partial charge in [-0.05, 0) is 42.5 Å². The Kier molecular flexibility index (Phi) is 5.60. The molecule has 0 aliphatic rings. The average Bonchev–Trinajstić information content (AvgIpc) is 2.56. The van der Waals surface area contributed by atoms with Crippen LogP contribution in [0.3, 0.4) is 0 Å². The van der Waals surface area contributed by atoms with Gasteiger partial charge in [0.1, 0.15) is 11.5 Å². The third-order valence-electron chi connectivity index (χ3n) is 3.10. The first-order chi connectivity index (χ1) is 11.0. The number of halogens is 1. The first kappa shape index (κ1) is 16.8. The number of carbonyl (C=O) groups is 2. The molecule has 0 aromatic heterocycles. The number of phenols is 1. The van der Waals surface area contributed by atoms with Gasteiger partial charge in [-0.2, -0.15) is 0 Å². The lowest BCUT2D eigenvalue weighted by Gasteiger charge is -2.09. The zero-order chi connectivity index (χ0) is 16.8. The number of ether oxygens (including phenoxy) is 1. The van der Waals surface area contributed by atoms with Crippen molar-refractivity contribution in [3.8, 4) is 11.5 Å². The predicted octanol–water partition coefficient (Wildman–Crippen LogP) is 3.66. The van der Waals surface area contributed by atoms with Crippen LogP contribution >= 0.6 is 11.6 Å². The standard InChI is InChI=1S/C17H16ClNO4/c1-2-15(20)11-3-6-13(7-4-11)23-10-17(22)19-14-9-12(18)5-8-16(14)21/h3-9,21H,2,10H2,1H3,(H,19,22). The second-order valence-corrected chi connectivity index (χ2v) is 5.24. The Morgan fingerprint density at radius 3 is 2.52 bits per heavy atom. The van der Waals surface area contributed by atoms with Crippen molar-refractivity contribution >= 4 is 29.0 Å². The van der Waals surface area contributed by atoms with Gasteiger partial charge in [-0.1, -0.05) is 18.5 Å². The van der Waals surface area contributed by atoms with Crippen LogP contribution < -0.4 is 10.1 Å². The molecule has 1 amide bonds. The summed E-state index contributed by atoms with van der Waals surface area (Å²) in [5.41, 5.74) is 0.822. The first-order valence-electron chi connectivity index (χ1n) is 7.04. The monoisotopic (exact) mass is 333 g/mol. The van der Waals surface area contributed by atoms with Crippen LogP contribution in [0.25, 0.3) is 0 Å². The van der Waals surface area contributed by atoms with Crippen LogP contribution in [0.1, 0.15) is 23.7 Å². The minimum Gasteiger partial charge on any atom is -0.506 e. The lowest BCUT2D eigenvalue weighted by Crippen LogP contribution is -2.20. The normalized spacial score (nSPS) is 10.2. The number of rotatable bonds is 6. The molecule has 5 nitrogen and oxygen atoms in total. The van der Waals surface area contributed by atoms with Crippen LogP contribution in [-0.2, 0) is 4.79 Å². The fraction of sp³-hybridized carbons (Fsp3) is 0.176. The van der Waals surface area contributed by atoms with Gasteiger partial charge in [0.2, 0.25) is 0 Å². The zero-order valence-corrected chi connectivity index (χ0v) is 13.3. The van der Waals surface area contributed by atoms with E-state index in [0.717, 1.165) is 0 Å². The van der Waals surface area contributed by atoms with E-state index in [1.165, 1.54) is 18.2 Å². The Labute approximate surface area is 138 Å². The fourth-order valence-electron chi connectivity index (χ4n) is 1.88. The molecule has 23 heavy (non-hydrogen) atoms. The maximum absolute atomic E-state index is 11.8. The highest BCUT2D eigenvalue weighted by molar-refractivity contribution is 6.31. The van der Waals surface area contributed by atoms with Crippen molar-refractivity contribution in [3.05, 3.63) is 53.1 Å². The van der Waals surface area contributed by atoms with Crippen molar-refractivity contribution < 1.29 is 19.4 Å². The molecule has 2 aromatic rings. The smallest absolute Gasteiger partial charge is 0.262 e. The molecule has 0 heterocycles. The van der Waals surface area contributed by atoms with Gasteiger partial charge in [0, 0.05) is 17.0 Å². The molecule has 0 saturated carbocycles. The molecular weight excluding hydrogens is 318 g/mol. The van der Waals surface area contributed by atoms with Gasteiger partial charge < -0.3 is 15.2 Å². The molecule has 0 saturated heterocycles. The van der Waals surface area contributed by atoms with Crippen LogP contribution in [0.2, 0.25) is 5.02 Å². The Morgan fingerprint density at radius 1 is 1.17 bits per heavy atom. The second-order valence-electron chi connectivity index (χ2n) is 4.80. The van der Waals surface area contributed by atoms with E-state index in [2.05, 4.69) is 5.32 Å². The predicted molar refractivity (Wildman–Crippen MR) is 88.3 cm³/mol. The lowest BCUT2D eigenvalue weighted by atomic mass is 10.1. The molecule has 6 heteroatoms. The number of ketones is 1. The summed E-state index contributed by atoms with van der Waals surface area (Å²) in [5, 5.41) is 12.5. The molecular formula is C17H16ClNO4. The number of aromatic hydroxyl groups is 1. The van der Waals surface area contributed by atoms with Crippen molar-refractivity contribution in [1.29, 1.82) is 0 Å². The lowest BCUT2D eigenvalue weighted by molar-refractivity contribution is -0.118. The van der Waals surface area contributed by atoms with Crippen molar-refractivity contribution in [2.45, 2.75) is 13.3 Å². The quantitative estimate of drug-likeness (QED) is 0.625. The van der Waals surface area contributed by atoms with Gasteiger partial charge in [-0.15, -0.1) is 0 Å². The van der Waals surface area contributed by atoms with Gasteiger partial charge in [-0.25, -0.2) is 0 Å². The summed E-state index contributed by atoms with van der Waals surface area (Å²) >= 11 is 5.80. The summed E-state index contributed by atoms with van der Waals surface area (Å²) in [7, 11) is 0. The number of hydrogen-bond acceptors (Lipinski definition) is 4. The van der Waals surface area contributed by atoms with Crippen molar-refractivity contribution in [2.75, 3.05) is 11.9 Å². The summed E-state index contributed by atoms with van der Waals surface area (Å²) in [5.74, 6) is 0.00954. The van der Waals surface area contributed by atoms with Gasteiger partial charge >= 0.3 is 0 Å². The van der Waals surface area contributed by atoms with Crippen molar-refractivity contribution in [1.82, 2.24) is 0 Å². The molecule has 120 valence electrons. The fourth-order valence-corrected chi connectivity index (χ4v) is 2.06. The molecule has 0 aliphatic heterocycles. The SMILES string of the molecule is CCC(=O)c1ccc(OCC(=O)Nc2cc(Cl)ccc2O)cc1. The third kappa shape index (κ3) is 4.72. The minimum absolute atomic E-state index is 0.0470. The summed E-state index contributed by atoms with van der Waals surface area (Å²) < 4.78 is 5.34. The topological polar surface area (TPSA) is 75.6 Å². The molecule has 0 spiro atoms. The maximum Gasteiger partial charge on any atom is 0.262 e. The van der Waals surface area contributed by atoms with Gasteiger partial charge in [0.05, 0.1) is 5.69 Å². The average molecular weight is 334 g/mol. The molecule has 0 unspecified atom stereocenters. The molecule has 2 rings (SSSR count). The molecule has 0 atom stereocenters. The van der Waals surface area contributed by atoms with Crippen molar-refractivity contribution in [2.24, 2.45) is 0 Å². The molecule has 0 bridgehead atoms. The summed E-state index contributed by atoms with van der Waals surface area (Å²) in [6.45, 7) is 1.56. The Morgan fingerprint density at radius 2 is 1.87 bits per heavy atom. The summed E-state index contributed by atoms with van der Waals surface area (Å²) in [6.07, 6.45) is 0.436. The number of hydrogen-bond donors (Lipinski definition) is 2. The van der Waals surface area contributed by atoms with Gasteiger partial charge in [0.15, 0.2) is 12.4 Å². The Bertz CT molecular complexity index is 713. The maximum atomic E-state index is 11.8. The highest BCUT2D eigenvalue weighted by Crippen LogP contribution is 2.26. The number of nitrogens with one attached hydrogen (secondary N) is 1. The highest BCUT2D eigenvalue weighted by Gasteiger charge is 2.08. The van der Waals surface area contributed by atoms with E-state index >= 15 is 0 Å². The molecule has 0 fully saturated rings. The summed E-state index contributed by atoms with van der Waals surface area (Å²) in [6, 6.07) is 10.9. The van der Waals surface area contributed by atoms with Crippen LogP contribution in [-0.4, -0.2) is 23.4 Å². The Hall–Kier alpha value is -2.53. The van der Waals surface area contributed by atoms with E-state index in [9.17, 15) is 14.7 Å². The molecule has 2 aromatic carbocycles. The molecule has 0 radical (unpaired) electrons. The largest absolute Gasteiger partial charge is 0.506 e. The Balaban J connectivity index is 1.91. The first-order valence-corrected chi connectivity index (χ1v) is 7.42. The van der Waals surface area contributed by atoms with E-state index in [4.69, 9.17) is 16.3 Å². The van der Waals surface area contributed by atoms with E-state index in [1.54, 1.807) is 31.2 Å². The number of Topliss-reactive ketones (excluding diaryl/α,β-unsaturated/α-hetero) is 1. The van der Waals surface area contributed by atoms with Crippen LogP contribution in [0.4, 0.5) is 5.69 Å².